The van der Waals surface area contributed by atoms with E-state index in [1.165, 1.54) is 0 Å². The van der Waals surface area contributed by atoms with Crippen LogP contribution in [0.25, 0.3) is 0 Å². The molecule has 0 aliphatic heterocycles. The van der Waals surface area contributed by atoms with Gasteiger partial charge in [-0.2, -0.15) is 0 Å². The molecule has 0 aromatic heterocycles. The Morgan fingerprint density at radius 2 is 1.36 bits per heavy atom. The van der Waals surface area contributed by atoms with Crippen molar-refractivity contribution in [2.24, 2.45) is 11.5 Å². The summed E-state index contributed by atoms with van der Waals surface area (Å²) in [5.41, 5.74) is 13.2. The first-order valence-corrected chi connectivity index (χ1v) is 11.9. The molecule has 36 heavy (non-hydrogen) atoms. The van der Waals surface area contributed by atoms with Crippen molar-refractivity contribution in [3.05, 3.63) is 71.8 Å². The topological polar surface area (TPSA) is 177 Å². The summed E-state index contributed by atoms with van der Waals surface area (Å²) in [6.07, 6.45) is 1.92. The molecular weight excluding hydrogens is 462 g/mol. The average Bonchev–Trinajstić information content (AvgIpc) is 2.87. The van der Waals surface area contributed by atoms with E-state index in [2.05, 4.69) is 16.0 Å². The molecule has 8 N–H and O–H groups in total. The molecule has 10 heteroatoms. The fourth-order valence-electron chi connectivity index (χ4n) is 3.58. The number of unbranched alkanes of at least 4 members (excludes halogenated alkanes) is 1. The van der Waals surface area contributed by atoms with Gasteiger partial charge >= 0.3 is 5.97 Å². The highest BCUT2D eigenvalue weighted by Gasteiger charge is 2.25. The summed E-state index contributed by atoms with van der Waals surface area (Å²) in [4.78, 5) is 49.4. The molecule has 0 aliphatic rings. The molecule has 2 aromatic carbocycles. The van der Waals surface area contributed by atoms with Gasteiger partial charge < -0.3 is 32.5 Å². The highest BCUT2D eigenvalue weighted by atomic mass is 16.4. The monoisotopic (exact) mass is 497 g/mol. The summed E-state index contributed by atoms with van der Waals surface area (Å²) in [5, 5.41) is 16.9. The minimum atomic E-state index is -1.16. The van der Waals surface area contributed by atoms with Crippen LogP contribution in [0.5, 0.6) is 0 Å². The Labute approximate surface area is 210 Å². The summed E-state index contributed by atoms with van der Waals surface area (Å²) < 4.78 is 0. The van der Waals surface area contributed by atoms with E-state index >= 15 is 0 Å². The van der Waals surface area contributed by atoms with Crippen LogP contribution in [-0.2, 0) is 32.0 Å². The second kappa shape index (κ2) is 15.3. The van der Waals surface area contributed by atoms with E-state index in [0.717, 1.165) is 11.1 Å². The standard InChI is InChI=1S/C26H35N5O5/c27-14-8-7-13-21(26(35)36)30-23(32)17-29-25(34)22(16-19-11-5-2-6-12-19)31-24(33)20(28)15-18-9-3-1-4-10-18/h1-6,9-12,20-22H,7-8,13-17,27-28H2,(H,29,34)(H,30,32)(H,31,33)(H,35,36). The molecule has 3 unspecified atom stereocenters. The zero-order chi connectivity index (χ0) is 26.3. The van der Waals surface area contributed by atoms with Crippen molar-refractivity contribution >= 4 is 23.7 Å². The Hall–Kier alpha value is -3.76. The number of carboxylic acid groups (broad SMARTS) is 1. The third kappa shape index (κ3) is 10.2. The van der Waals surface area contributed by atoms with Crippen molar-refractivity contribution in [3.63, 3.8) is 0 Å². The lowest BCUT2D eigenvalue weighted by molar-refractivity contribution is -0.142. The first-order valence-electron chi connectivity index (χ1n) is 11.9. The fourth-order valence-corrected chi connectivity index (χ4v) is 3.58. The van der Waals surface area contributed by atoms with Gasteiger partial charge in [0.1, 0.15) is 12.1 Å². The molecule has 194 valence electrons. The Bertz CT molecular complexity index is 987. The van der Waals surface area contributed by atoms with Gasteiger partial charge in [-0.25, -0.2) is 4.79 Å². The van der Waals surface area contributed by atoms with Crippen LogP contribution in [0.3, 0.4) is 0 Å². The van der Waals surface area contributed by atoms with Gasteiger partial charge in [-0.1, -0.05) is 60.7 Å². The molecule has 0 saturated heterocycles. The van der Waals surface area contributed by atoms with Gasteiger partial charge in [-0.15, -0.1) is 0 Å². The number of nitrogens with two attached hydrogens (primary N) is 2. The molecule has 0 heterocycles. The smallest absolute Gasteiger partial charge is 0.326 e. The van der Waals surface area contributed by atoms with Crippen molar-refractivity contribution in [1.82, 2.24) is 16.0 Å². The van der Waals surface area contributed by atoms with Crippen LogP contribution >= 0.6 is 0 Å². The van der Waals surface area contributed by atoms with E-state index in [1.807, 2.05) is 60.7 Å². The quantitative estimate of drug-likeness (QED) is 0.189. The molecule has 0 aliphatic carbocycles. The largest absolute Gasteiger partial charge is 0.480 e. The van der Waals surface area contributed by atoms with Crippen molar-refractivity contribution in [2.75, 3.05) is 13.1 Å². The molecule has 3 amide bonds. The van der Waals surface area contributed by atoms with Gasteiger partial charge in [-0.3, -0.25) is 14.4 Å². The molecule has 0 radical (unpaired) electrons. The van der Waals surface area contributed by atoms with Crippen molar-refractivity contribution in [2.45, 2.75) is 50.2 Å². The van der Waals surface area contributed by atoms with Gasteiger partial charge in [0.2, 0.25) is 17.7 Å². The molecule has 2 aromatic rings. The van der Waals surface area contributed by atoms with Crippen LogP contribution < -0.4 is 27.4 Å². The molecule has 2 rings (SSSR count). The first kappa shape index (κ1) is 28.5. The molecule has 10 nitrogen and oxygen atoms in total. The van der Waals surface area contributed by atoms with Gasteiger partial charge in [0.05, 0.1) is 12.6 Å². The van der Waals surface area contributed by atoms with E-state index < -0.39 is 48.4 Å². The summed E-state index contributed by atoms with van der Waals surface area (Å²) in [5.74, 6) is -2.88. The molecule has 0 saturated carbocycles. The first-order chi connectivity index (χ1) is 17.3. The number of amides is 3. The highest BCUT2D eigenvalue weighted by Crippen LogP contribution is 2.06. The van der Waals surface area contributed by atoms with Crippen LogP contribution in [0.2, 0.25) is 0 Å². The van der Waals surface area contributed by atoms with Crippen LogP contribution in [0.4, 0.5) is 0 Å². The minimum Gasteiger partial charge on any atom is -0.480 e. The third-order valence-corrected chi connectivity index (χ3v) is 5.55. The van der Waals surface area contributed by atoms with Gasteiger partial charge in [0, 0.05) is 6.42 Å². The van der Waals surface area contributed by atoms with Crippen LogP contribution in [0.1, 0.15) is 30.4 Å². The molecule has 0 fully saturated rings. The fraction of sp³-hybridized carbons (Fsp3) is 0.385. The lowest BCUT2D eigenvalue weighted by Crippen LogP contribution is -2.54. The van der Waals surface area contributed by atoms with E-state index in [4.69, 9.17) is 11.5 Å². The SMILES string of the molecule is NCCCCC(NC(=O)CNC(=O)C(Cc1ccccc1)NC(=O)C(N)Cc1ccccc1)C(=O)O. The normalized spacial score (nSPS) is 13.2. The molecule has 3 atom stereocenters. The summed E-state index contributed by atoms with van der Waals surface area (Å²) >= 11 is 0. The molecule has 0 spiro atoms. The van der Waals surface area contributed by atoms with Crippen molar-refractivity contribution < 1.29 is 24.3 Å². The second-order valence-electron chi connectivity index (χ2n) is 8.51. The van der Waals surface area contributed by atoms with E-state index in [9.17, 15) is 24.3 Å². The number of nitrogens with one attached hydrogen (secondary N) is 3. The number of carbonyl (C=O) groups is 4. The zero-order valence-electron chi connectivity index (χ0n) is 20.2. The number of carboxylic acids is 1. The number of aliphatic carboxylic acids is 1. The van der Waals surface area contributed by atoms with Gasteiger partial charge in [0.15, 0.2) is 0 Å². The predicted octanol–water partition coefficient (Wildman–Crippen LogP) is 0.0985. The Morgan fingerprint density at radius 3 is 1.92 bits per heavy atom. The summed E-state index contributed by atoms with van der Waals surface area (Å²) in [6.45, 7) is -0.00337. The van der Waals surface area contributed by atoms with Gasteiger partial charge in [0.25, 0.3) is 0 Å². The number of hydrogen-bond donors (Lipinski definition) is 6. The zero-order valence-corrected chi connectivity index (χ0v) is 20.2. The Balaban J connectivity index is 1.98. The van der Waals surface area contributed by atoms with Crippen molar-refractivity contribution in [3.8, 4) is 0 Å². The number of benzene rings is 2. The van der Waals surface area contributed by atoms with Crippen LogP contribution in [-0.4, -0.2) is 60.0 Å². The average molecular weight is 498 g/mol. The number of carbonyl (C=O) groups excluding carboxylic acids is 3. The highest BCUT2D eigenvalue weighted by molar-refractivity contribution is 5.92. The Morgan fingerprint density at radius 1 is 0.778 bits per heavy atom. The summed E-state index contributed by atoms with van der Waals surface area (Å²) in [6, 6.07) is 15.5. The number of rotatable bonds is 15. The van der Waals surface area contributed by atoms with E-state index in [-0.39, 0.29) is 12.8 Å². The van der Waals surface area contributed by atoms with Gasteiger partial charge in [-0.05, 0) is 43.4 Å². The molecule has 0 bridgehead atoms. The Kier molecular flexibility index (Phi) is 12.1. The second-order valence-corrected chi connectivity index (χ2v) is 8.51. The maximum absolute atomic E-state index is 12.9. The lowest BCUT2D eigenvalue weighted by Gasteiger charge is -2.21. The maximum Gasteiger partial charge on any atom is 0.326 e. The number of hydrogen-bond acceptors (Lipinski definition) is 6. The maximum atomic E-state index is 12.9. The summed E-state index contributed by atoms with van der Waals surface area (Å²) in [7, 11) is 0. The van der Waals surface area contributed by atoms with E-state index in [1.54, 1.807) is 0 Å². The predicted molar refractivity (Wildman–Crippen MR) is 136 cm³/mol. The minimum absolute atomic E-state index is 0.189. The third-order valence-electron chi connectivity index (χ3n) is 5.55. The molecular formula is C26H35N5O5. The van der Waals surface area contributed by atoms with E-state index in [0.29, 0.717) is 25.8 Å². The van der Waals surface area contributed by atoms with Crippen LogP contribution in [0, 0.1) is 0 Å². The van der Waals surface area contributed by atoms with Crippen molar-refractivity contribution in [1.29, 1.82) is 0 Å². The lowest BCUT2D eigenvalue weighted by atomic mass is 10.0. The van der Waals surface area contributed by atoms with Crippen LogP contribution in [0.15, 0.2) is 60.7 Å².